The van der Waals surface area contributed by atoms with Gasteiger partial charge in [0.05, 0.1) is 12.4 Å². The number of hydrogen-bond donors (Lipinski definition) is 0. The van der Waals surface area contributed by atoms with Gasteiger partial charge in [-0.3, -0.25) is 0 Å². The molecule has 0 bridgehead atoms. The van der Waals surface area contributed by atoms with Gasteiger partial charge < -0.3 is 0 Å². The van der Waals surface area contributed by atoms with Crippen molar-refractivity contribution in [2.24, 2.45) is 9.98 Å². The van der Waals surface area contributed by atoms with Crippen molar-refractivity contribution in [3.63, 3.8) is 0 Å². The molecule has 0 spiro atoms. The first kappa shape index (κ1) is 10.5. The summed E-state index contributed by atoms with van der Waals surface area (Å²) in [5, 5.41) is 0. The molecule has 0 saturated heterocycles. The maximum atomic E-state index is 4.06. The van der Waals surface area contributed by atoms with Crippen LogP contribution in [0.2, 0.25) is 0 Å². The Morgan fingerprint density at radius 2 is 2.27 bits per heavy atom. The van der Waals surface area contributed by atoms with E-state index in [4.69, 9.17) is 0 Å². The van der Waals surface area contributed by atoms with Crippen LogP contribution in [0.1, 0.15) is 13.8 Å². The molecule has 0 amide bonds. The van der Waals surface area contributed by atoms with Gasteiger partial charge in [0.1, 0.15) is 0 Å². The summed E-state index contributed by atoms with van der Waals surface area (Å²) in [5.74, 6) is 0.888. The second-order valence-corrected chi connectivity index (χ2v) is 2.73. The molecular weight excluding hydrogens is 253 g/mol. The Hall–Kier alpha value is -0.520. The first-order valence-electron chi connectivity index (χ1n) is 3.13. The average Bonchev–Trinajstić information content (AvgIpc) is 2.00. The van der Waals surface area contributed by atoms with Crippen LogP contribution in [0.4, 0.5) is 0 Å². The Morgan fingerprint density at radius 3 is 2.73 bits per heavy atom. The van der Waals surface area contributed by atoms with Crippen molar-refractivity contribution in [2.75, 3.05) is 0 Å². The number of halogens is 1. The molecular formula is C7H11IN3+. The lowest BCUT2D eigenvalue weighted by Gasteiger charge is -1.86. The van der Waals surface area contributed by atoms with E-state index in [1.165, 1.54) is 6.20 Å². The van der Waals surface area contributed by atoms with Crippen LogP contribution in [-0.2, 0) is 0 Å². The summed E-state index contributed by atoms with van der Waals surface area (Å²) >= 11 is 2.10. The Bertz CT molecular complexity index is 216. The van der Waals surface area contributed by atoms with Gasteiger partial charge in [0.2, 0.25) is 12.2 Å². The number of aliphatic imine (C=N–C) groups is 2. The predicted molar refractivity (Wildman–Crippen MR) is 57.8 cm³/mol. The van der Waals surface area contributed by atoms with E-state index in [2.05, 4.69) is 39.4 Å². The summed E-state index contributed by atoms with van der Waals surface area (Å²) in [6.07, 6.45) is 4.87. The predicted octanol–water partition coefficient (Wildman–Crippen LogP) is 2.03. The van der Waals surface area contributed by atoms with Crippen molar-refractivity contribution in [3.8, 4) is 0 Å². The van der Waals surface area contributed by atoms with Crippen molar-refractivity contribution in [1.29, 1.82) is 0 Å². The minimum atomic E-state index is 0.888. The van der Waals surface area contributed by atoms with Crippen LogP contribution in [0, 0.1) is 0 Å². The molecule has 0 aliphatic rings. The van der Waals surface area contributed by atoms with Crippen molar-refractivity contribution < 1.29 is 2.79 Å². The van der Waals surface area contributed by atoms with Crippen LogP contribution >= 0.6 is 22.9 Å². The van der Waals surface area contributed by atoms with Crippen LogP contribution in [0.5, 0.6) is 0 Å². The van der Waals surface area contributed by atoms with Gasteiger partial charge in [-0.05, 0) is 6.92 Å². The number of nitrogens with zero attached hydrogens (tertiary/aromatic N) is 3. The normalized spacial score (nSPS) is 14.1. The first-order valence-corrected chi connectivity index (χ1v) is 4.10. The van der Waals surface area contributed by atoms with Crippen molar-refractivity contribution >= 4 is 41.3 Å². The highest BCUT2D eigenvalue weighted by Gasteiger charge is 1.95. The second-order valence-electron chi connectivity index (χ2n) is 1.69. The number of hydrogen-bond acceptors (Lipinski definition) is 1. The quantitative estimate of drug-likeness (QED) is 0.316. The third-order valence-electron chi connectivity index (χ3n) is 0.899. The molecule has 0 aliphatic carbocycles. The zero-order chi connectivity index (χ0) is 8.69. The Morgan fingerprint density at radius 1 is 1.64 bits per heavy atom. The molecule has 4 heteroatoms. The molecule has 0 unspecified atom stereocenters. The fourth-order valence-corrected chi connectivity index (χ4v) is 0.700. The SMILES string of the molecule is C=C\N=C/[N+](I)=C(C)\N=C\C. The van der Waals surface area contributed by atoms with Gasteiger partial charge in [-0.15, -0.1) is 9.98 Å². The fourth-order valence-electron chi connectivity index (χ4n) is 0.431. The zero-order valence-electron chi connectivity index (χ0n) is 6.66. The maximum absolute atomic E-state index is 4.06. The monoisotopic (exact) mass is 264 g/mol. The Kier molecular flexibility index (Phi) is 5.91. The third kappa shape index (κ3) is 4.83. The number of amidine groups is 1. The molecule has 0 aliphatic heterocycles. The highest BCUT2D eigenvalue weighted by atomic mass is 127. The van der Waals surface area contributed by atoms with Crippen LogP contribution in [-0.4, -0.2) is 21.2 Å². The molecule has 0 heterocycles. The van der Waals surface area contributed by atoms with Crippen molar-refractivity contribution in [1.82, 2.24) is 0 Å². The van der Waals surface area contributed by atoms with Gasteiger partial charge in [0, 0.05) is 6.92 Å². The highest BCUT2D eigenvalue weighted by molar-refractivity contribution is 14.1. The zero-order valence-corrected chi connectivity index (χ0v) is 8.82. The molecule has 0 saturated carbocycles. The van der Waals surface area contributed by atoms with Crippen LogP contribution in [0.3, 0.4) is 0 Å². The van der Waals surface area contributed by atoms with E-state index in [1.54, 1.807) is 15.3 Å². The standard InChI is InChI=1S/C7H11IN3/c1-4-9-6-11(8)7(3)10-5-2/h4-6H,1H2,2-3H3/q+1/b9-6-. The molecule has 0 aromatic carbocycles. The summed E-state index contributed by atoms with van der Waals surface area (Å²) in [6.45, 7) is 7.24. The Balaban J connectivity index is 4.38. The lowest BCUT2D eigenvalue weighted by atomic mass is 10.7. The molecule has 0 rings (SSSR count). The van der Waals surface area contributed by atoms with Gasteiger partial charge in [0.25, 0.3) is 0 Å². The van der Waals surface area contributed by atoms with E-state index in [0.29, 0.717) is 0 Å². The minimum Gasteiger partial charge on any atom is -0.175 e. The van der Waals surface area contributed by atoms with E-state index in [0.717, 1.165) is 5.84 Å². The lowest BCUT2D eigenvalue weighted by Crippen LogP contribution is -2.03. The summed E-state index contributed by atoms with van der Waals surface area (Å²) in [7, 11) is 0. The van der Waals surface area contributed by atoms with Crippen LogP contribution in [0.15, 0.2) is 22.8 Å². The van der Waals surface area contributed by atoms with Gasteiger partial charge >= 0.3 is 0 Å². The van der Waals surface area contributed by atoms with Gasteiger partial charge in [-0.25, -0.2) is 0 Å². The number of rotatable bonds is 2. The largest absolute Gasteiger partial charge is 0.243 e. The molecule has 3 nitrogen and oxygen atoms in total. The van der Waals surface area contributed by atoms with Gasteiger partial charge in [-0.1, -0.05) is 6.58 Å². The van der Waals surface area contributed by atoms with Crippen LogP contribution < -0.4 is 0 Å². The highest BCUT2D eigenvalue weighted by Crippen LogP contribution is 1.88. The molecule has 60 valence electrons. The van der Waals surface area contributed by atoms with E-state index in [1.807, 2.05) is 13.8 Å². The summed E-state index contributed by atoms with van der Waals surface area (Å²) in [6, 6.07) is 0. The summed E-state index contributed by atoms with van der Waals surface area (Å²) < 4.78 is 1.79. The second kappa shape index (κ2) is 6.21. The topological polar surface area (TPSA) is 27.7 Å². The van der Waals surface area contributed by atoms with Crippen molar-refractivity contribution in [3.05, 3.63) is 12.8 Å². The molecule has 11 heavy (non-hydrogen) atoms. The lowest BCUT2D eigenvalue weighted by molar-refractivity contribution is -0.128. The third-order valence-corrected chi connectivity index (χ3v) is 1.85. The van der Waals surface area contributed by atoms with Gasteiger partial charge in [0.15, 0.2) is 22.9 Å². The molecule has 0 aromatic heterocycles. The first-order chi connectivity index (χ1) is 5.22. The van der Waals surface area contributed by atoms with E-state index in [-0.39, 0.29) is 0 Å². The minimum absolute atomic E-state index is 0.888. The van der Waals surface area contributed by atoms with E-state index < -0.39 is 0 Å². The average molecular weight is 264 g/mol. The summed E-state index contributed by atoms with van der Waals surface area (Å²) in [5.41, 5.74) is 0. The molecule has 0 fully saturated rings. The Labute approximate surface area is 80.8 Å². The van der Waals surface area contributed by atoms with Gasteiger partial charge in [-0.2, -0.15) is 2.79 Å². The van der Waals surface area contributed by atoms with E-state index >= 15 is 0 Å². The molecule has 0 N–H and O–H groups in total. The fraction of sp³-hybridized carbons (Fsp3) is 0.286. The molecule has 0 atom stereocenters. The summed E-state index contributed by atoms with van der Waals surface area (Å²) in [4.78, 5) is 7.90. The molecule has 0 radical (unpaired) electrons. The smallest absolute Gasteiger partial charge is 0.175 e. The molecule has 0 aromatic rings. The van der Waals surface area contributed by atoms with E-state index in [9.17, 15) is 0 Å². The maximum Gasteiger partial charge on any atom is 0.243 e. The van der Waals surface area contributed by atoms with Crippen molar-refractivity contribution in [2.45, 2.75) is 13.8 Å². The van der Waals surface area contributed by atoms with Crippen LogP contribution in [0.25, 0.3) is 0 Å².